The average molecular weight is 703 g/mol. The lowest BCUT2D eigenvalue weighted by molar-refractivity contribution is 0.669. The molecule has 0 spiro atoms. The standard InChI is InChI=1S/C52H34N2O/c1-3-13-35(14-4-1)38-25-30-42(49(33-38)54-47-21-11-9-20-46(47)52-43-18-8-7-15-36(43)26-32-48(52)54)37-23-27-40(28-24-37)53(39-16-5-2-6-17-39)41-29-31-45-44-19-10-12-22-50(44)55-51(45)34-41/h1-34H. The molecule has 258 valence electrons. The summed E-state index contributed by atoms with van der Waals surface area (Å²) in [5.74, 6) is 0. The molecular formula is C52H34N2O. The van der Waals surface area contributed by atoms with Crippen LogP contribution in [0.1, 0.15) is 0 Å². The molecule has 0 unspecified atom stereocenters. The minimum atomic E-state index is 0.873. The van der Waals surface area contributed by atoms with Gasteiger partial charge in [0.05, 0.1) is 16.7 Å². The fourth-order valence-corrected chi connectivity index (χ4v) is 8.44. The average Bonchev–Trinajstić information content (AvgIpc) is 3.80. The molecule has 0 N–H and O–H groups in total. The van der Waals surface area contributed by atoms with Crippen LogP contribution in [0.25, 0.3) is 82.5 Å². The number of anilines is 3. The summed E-state index contributed by atoms with van der Waals surface area (Å²) in [5, 5.41) is 7.29. The highest BCUT2D eigenvalue weighted by Gasteiger charge is 2.20. The highest BCUT2D eigenvalue weighted by molar-refractivity contribution is 6.21. The van der Waals surface area contributed by atoms with E-state index < -0.39 is 0 Å². The lowest BCUT2D eigenvalue weighted by atomic mass is 9.97. The van der Waals surface area contributed by atoms with Crippen molar-refractivity contribution < 1.29 is 4.42 Å². The van der Waals surface area contributed by atoms with E-state index in [-0.39, 0.29) is 0 Å². The summed E-state index contributed by atoms with van der Waals surface area (Å²) in [6.45, 7) is 0. The molecule has 0 fully saturated rings. The first-order valence-corrected chi connectivity index (χ1v) is 18.8. The normalized spacial score (nSPS) is 11.6. The summed E-state index contributed by atoms with van der Waals surface area (Å²) >= 11 is 0. The van der Waals surface area contributed by atoms with Gasteiger partial charge >= 0.3 is 0 Å². The molecule has 0 radical (unpaired) electrons. The van der Waals surface area contributed by atoms with E-state index in [1.807, 2.05) is 12.1 Å². The lowest BCUT2D eigenvalue weighted by Crippen LogP contribution is -2.09. The number of hydrogen-bond donors (Lipinski definition) is 0. The van der Waals surface area contributed by atoms with Crippen LogP contribution in [0.2, 0.25) is 0 Å². The van der Waals surface area contributed by atoms with Gasteiger partial charge in [-0.05, 0) is 88.1 Å². The predicted molar refractivity (Wildman–Crippen MR) is 231 cm³/mol. The number of aromatic nitrogens is 1. The van der Waals surface area contributed by atoms with Gasteiger partial charge in [0.1, 0.15) is 11.2 Å². The van der Waals surface area contributed by atoms with Gasteiger partial charge in [-0.25, -0.2) is 0 Å². The van der Waals surface area contributed by atoms with Crippen molar-refractivity contribution in [2.24, 2.45) is 0 Å². The number of furan rings is 1. The van der Waals surface area contributed by atoms with Crippen LogP contribution >= 0.6 is 0 Å². The Kier molecular flexibility index (Phi) is 7.17. The van der Waals surface area contributed by atoms with Gasteiger partial charge in [0.15, 0.2) is 0 Å². The molecule has 0 aliphatic carbocycles. The first-order valence-electron chi connectivity index (χ1n) is 18.8. The summed E-state index contributed by atoms with van der Waals surface area (Å²) in [6, 6.07) is 74.0. The Labute approximate surface area is 318 Å². The molecular weight excluding hydrogens is 669 g/mol. The summed E-state index contributed by atoms with van der Waals surface area (Å²) in [5.41, 5.74) is 13.2. The van der Waals surface area contributed by atoms with Crippen LogP contribution in [0.3, 0.4) is 0 Å². The SMILES string of the molecule is c1ccc(-c2ccc(-c3ccc(N(c4ccccc4)c4ccc5c(c4)oc4ccccc45)cc3)c(-n3c4ccccc4c4c5ccccc5ccc43)c2)cc1. The minimum Gasteiger partial charge on any atom is -0.456 e. The molecule has 11 aromatic rings. The Hall–Kier alpha value is -7.36. The molecule has 2 aromatic heterocycles. The molecule has 0 saturated carbocycles. The number of rotatable bonds is 6. The zero-order valence-corrected chi connectivity index (χ0v) is 29.9. The van der Waals surface area contributed by atoms with Crippen molar-refractivity contribution in [1.29, 1.82) is 0 Å². The van der Waals surface area contributed by atoms with Gasteiger partial charge in [0.2, 0.25) is 0 Å². The Morgan fingerprint density at radius 3 is 1.84 bits per heavy atom. The molecule has 0 atom stereocenters. The smallest absolute Gasteiger partial charge is 0.137 e. The zero-order chi connectivity index (χ0) is 36.3. The predicted octanol–water partition coefficient (Wildman–Crippen LogP) is 14.6. The molecule has 3 nitrogen and oxygen atoms in total. The molecule has 11 rings (SSSR count). The van der Waals surface area contributed by atoms with E-state index in [0.717, 1.165) is 55.8 Å². The first kappa shape index (κ1) is 31.2. The van der Waals surface area contributed by atoms with Crippen LogP contribution in [0, 0.1) is 0 Å². The van der Waals surface area contributed by atoms with Crippen molar-refractivity contribution in [1.82, 2.24) is 4.57 Å². The van der Waals surface area contributed by atoms with Crippen molar-refractivity contribution in [3.05, 3.63) is 206 Å². The molecule has 2 heterocycles. The maximum Gasteiger partial charge on any atom is 0.137 e. The van der Waals surface area contributed by atoms with Crippen LogP contribution in [0.4, 0.5) is 17.1 Å². The highest BCUT2D eigenvalue weighted by atomic mass is 16.3. The molecule has 0 aliphatic heterocycles. The number of para-hydroxylation sites is 3. The third-order valence-electron chi connectivity index (χ3n) is 11.0. The third-order valence-corrected chi connectivity index (χ3v) is 11.0. The van der Waals surface area contributed by atoms with E-state index in [1.165, 1.54) is 43.7 Å². The number of fused-ring (bicyclic) bond motifs is 8. The van der Waals surface area contributed by atoms with E-state index in [1.54, 1.807) is 0 Å². The van der Waals surface area contributed by atoms with E-state index in [9.17, 15) is 0 Å². The van der Waals surface area contributed by atoms with Crippen molar-refractivity contribution in [3.63, 3.8) is 0 Å². The van der Waals surface area contributed by atoms with E-state index in [2.05, 4.69) is 204 Å². The monoisotopic (exact) mass is 702 g/mol. The van der Waals surface area contributed by atoms with Crippen molar-refractivity contribution >= 4 is 71.6 Å². The van der Waals surface area contributed by atoms with E-state index >= 15 is 0 Å². The lowest BCUT2D eigenvalue weighted by Gasteiger charge is -2.25. The molecule has 0 bridgehead atoms. The van der Waals surface area contributed by atoms with Gasteiger partial charge in [-0.3, -0.25) is 0 Å². The fraction of sp³-hybridized carbons (Fsp3) is 0. The van der Waals surface area contributed by atoms with Gasteiger partial charge in [0, 0.05) is 50.2 Å². The van der Waals surface area contributed by atoms with Gasteiger partial charge in [0.25, 0.3) is 0 Å². The van der Waals surface area contributed by atoms with Gasteiger partial charge in [-0.15, -0.1) is 0 Å². The summed E-state index contributed by atoms with van der Waals surface area (Å²) in [7, 11) is 0. The van der Waals surface area contributed by atoms with E-state index in [0.29, 0.717) is 0 Å². The van der Waals surface area contributed by atoms with Crippen molar-refractivity contribution in [3.8, 4) is 27.9 Å². The van der Waals surface area contributed by atoms with Crippen LogP contribution in [-0.2, 0) is 0 Å². The molecule has 3 heteroatoms. The largest absolute Gasteiger partial charge is 0.456 e. The van der Waals surface area contributed by atoms with Crippen LogP contribution < -0.4 is 4.90 Å². The second-order valence-corrected chi connectivity index (χ2v) is 14.1. The highest BCUT2D eigenvalue weighted by Crippen LogP contribution is 2.43. The van der Waals surface area contributed by atoms with Crippen molar-refractivity contribution in [2.45, 2.75) is 0 Å². The van der Waals surface area contributed by atoms with E-state index in [4.69, 9.17) is 4.42 Å². The molecule has 0 amide bonds. The molecule has 55 heavy (non-hydrogen) atoms. The number of benzene rings is 9. The second-order valence-electron chi connectivity index (χ2n) is 14.1. The Bertz CT molecular complexity index is 3190. The zero-order valence-electron chi connectivity index (χ0n) is 29.9. The number of hydrogen-bond acceptors (Lipinski definition) is 2. The third kappa shape index (κ3) is 5.13. The maximum atomic E-state index is 6.34. The summed E-state index contributed by atoms with van der Waals surface area (Å²) in [4.78, 5) is 2.30. The van der Waals surface area contributed by atoms with Crippen LogP contribution in [0.15, 0.2) is 211 Å². The second kappa shape index (κ2) is 12.6. The summed E-state index contributed by atoms with van der Waals surface area (Å²) < 4.78 is 8.80. The van der Waals surface area contributed by atoms with Crippen molar-refractivity contribution in [2.75, 3.05) is 4.90 Å². The van der Waals surface area contributed by atoms with Gasteiger partial charge in [-0.2, -0.15) is 0 Å². The fourth-order valence-electron chi connectivity index (χ4n) is 8.44. The Morgan fingerprint density at radius 2 is 1.00 bits per heavy atom. The quantitative estimate of drug-likeness (QED) is 0.172. The molecule has 9 aromatic carbocycles. The topological polar surface area (TPSA) is 21.3 Å². The summed E-state index contributed by atoms with van der Waals surface area (Å²) in [6.07, 6.45) is 0. The van der Waals surface area contributed by atoms with Crippen LogP contribution in [0.5, 0.6) is 0 Å². The number of nitrogens with zero attached hydrogens (tertiary/aromatic N) is 2. The minimum absolute atomic E-state index is 0.873. The maximum absolute atomic E-state index is 6.34. The first-order chi connectivity index (χ1) is 27.3. The molecule has 0 aliphatic rings. The Balaban J connectivity index is 1.10. The van der Waals surface area contributed by atoms with Gasteiger partial charge < -0.3 is 13.9 Å². The molecule has 0 saturated heterocycles. The Morgan fingerprint density at radius 1 is 0.364 bits per heavy atom. The van der Waals surface area contributed by atoms with Gasteiger partial charge in [-0.1, -0.05) is 140 Å². The van der Waals surface area contributed by atoms with Crippen LogP contribution in [-0.4, -0.2) is 4.57 Å².